The summed E-state index contributed by atoms with van der Waals surface area (Å²) in [6, 6.07) is 8.90. The SMILES string of the molecule is Brc1ccc(Cc2noc(CCNC3CC3)n2)cc1. The zero-order chi connectivity index (χ0) is 13.1. The lowest BCUT2D eigenvalue weighted by molar-refractivity contribution is 0.371. The van der Waals surface area contributed by atoms with Crippen molar-refractivity contribution in [1.82, 2.24) is 15.5 Å². The zero-order valence-electron chi connectivity index (χ0n) is 10.6. The monoisotopic (exact) mass is 321 g/mol. The van der Waals surface area contributed by atoms with Crippen molar-refractivity contribution in [2.24, 2.45) is 0 Å². The van der Waals surface area contributed by atoms with Gasteiger partial charge in [0.2, 0.25) is 5.89 Å². The van der Waals surface area contributed by atoms with E-state index >= 15 is 0 Å². The van der Waals surface area contributed by atoms with Crippen molar-refractivity contribution in [1.29, 1.82) is 0 Å². The van der Waals surface area contributed by atoms with E-state index in [4.69, 9.17) is 4.52 Å². The van der Waals surface area contributed by atoms with E-state index in [0.29, 0.717) is 6.42 Å². The Balaban J connectivity index is 1.53. The van der Waals surface area contributed by atoms with Crippen LogP contribution in [0.4, 0.5) is 0 Å². The number of nitrogens with one attached hydrogen (secondary N) is 1. The van der Waals surface area contributed by atoms with Gasteiger partial charge in [-0.05, 0) is 30.5 Å². The number of hydrogen-bond acceptors (Lipinski definition) is 4. The highest BCUT2D eigenvalue weighted by Gasteiger charge is 2.20. The van der Waals surface area contributed by atoms with E-state index in [9.17, 15) is 0 Å². The number of nitrogens with zero attached hydrogens (tertiary/aromatic N) is 2. The highest BCUT2D eigenvalue weighted by atomic mass is 79.9. The molecule has 2 aromatic rings. The summed E-state index contributed by atoms with van der Waals surface area (Å²) in [6.07, 6.45) is 4.13. The van der Waals surface area contributed by atoms with E-state index < -0.39 is 0 Å². The van der Waals surface area contributed by atoms with E-state index in [-0.39, 0.29) is 0 Å². The molecule has 19 heavy (non-hydrogen) atoms. The van der Waals surface area contributed by atoms with E-state index in [2.05, 4.69) is 43.5 Å². The molecule has 0 aliphatic heterocycles. The third-order valence-corrected chi connectivity index (χ3v) is 3.66. The molecule has 1 aliphatic rings. The molecule has 1 fully saturated rings. The van der Waals surface area contributed by atoms with Crippen molar-refractivity contribution in [3.05, 3.63) is 46.0 Å². The summed E-state index contributed by atoms with van der Waals surface area (Å²) in [5, 5.41) is 7.46. The van der Waals surface area contributed by atoms with Gasteiger partial charge < -0.3 is 9.84 Å². The van der Waals surface area contributed by atoms with Gasteiger partial charge in [-0.25, -0.2) is 0 Å². The molecule has 3 rings (SSSR count). The van der Waals surface area contributed by atoms with E-state index in [0.717, 1.165) is 35.2 Å². The fourth-order valence-corrected chi connectivity index (χ4v) is 2.18. The van der Waals surface area contributed by atoms with Crippen molar-refractivity contribution in [2.75, 3.05) is 6.54 Å². The number of aromatic nitrogens is 2. The van der Waals surface area contributed by atoms with Gasteiger partial charge in [-0.15, -0.1) is 0 Å². The molecule has 1 aromatic carbocycles. The van der Waals surface area contributed by atoms with Crippen LogP contribution >= 0.6 is 15.9 Å². The van der Waals surface area contributed by atoms with Gasteiger partial charge in [-0.1, -0.05) is 33.2 Å². The van der Waals surface area contributed by atoms with Crippen molar-refractivity contribution >= 4 is 15.9 Å². The quantitative estimate of drug-likeness (QED) is 0.888. The third kappa shape index (κ3) is 3.88. The number of hydrogen-bond donors (Lipinski definition) is 1. The number of benzene rings is 1. The highest BCUT2D eigenvalue weighted by molar-refractivity contribution is 9.10. The molecule has 1 aromatic heterocycles. The summed E-state index contributed by atoms with van der Waals surface area (Å²) in [6.45, 7) is 0.921. The first-order valence-corrected chi connectivity index (χ1v) is 7.38. The van der Waals surface area contributed by atoms with Gasteiger partial charge >= 0.3 is 0 Å². The minimum absolute atomic E-state index is 0.715. The Morgan fingerprint density at radius 1 is 1.26 bits per heavy atom. The summed E-state index contributed by atoms with van der Waals surface area (Å²) in [5.41, 5.74) is 1.19. The van der Waals surface area contributed by atoms with Crippen molar-refractivity contribution in [2.45, 2.75) is 31.7 Å². The molecule has 0 radical (unpaired) electrons. The van der Waals surface area contributed by atoms with Crippen LogP contribution in [-0.4, -0.2) is 22.7 Å². The van der Waals surface area contributed by atoms with Crippen molar-refractivity contribution in [3.63, 3.8) is 0 Å². The first-order chi connectivity index (χ1) is 9.29. The average molecular weight is 322 g/mol. The summed E-state index contributed by atoms with van der Waals surface area (Å²) >= 11 is 3.42. The maximum absolute atomic E-state index is 5.25. The first-order valence-electron chi connectivity index (χ1n) is 6.59. The van der Waals surface area contributed by atoms with Crippen LogP contribution in [0.25, 0.3) is 0 Å². The highest BCUT2D eigenvalue weighted by Crippen LogP contribution is 2.18. The molecule has 0 unspecified atom stereocenters. The maximum atomic E-state index is 5.25. The lowest BCUT2D eigenvalue weighted by Gasteiger charge is -1.97. The molecular formula is C14H16BrN3O. The normalized spacial score (nSPS) is 14.8. The summed E-state index contributed by atoms with van der Waals surface area (Å²) in [4.78, 5) is 4.42. The molecule has 5 heteroatoms. The smallest absolute Gasteiger partial charge is 0.227 e. The Kier molecular flexibility index (Phi) is 3.94. The van der Waals surface area contributed by atoms with E-state index in [1.807, 2.05) is 12.1 Å². The van der Waals surface area contributed by atoms with Gasteiger partial charge in [0, 0.05) is 29.9 Å². The van der Waals surface area contributed by atoms with Crippen LogP contribution in [0.2, 0.25) is 0 Å². The molecule has 0 spiro atoms. The van der Waals surface area contributed by atoms with Gasteiger partial charge in [-0.2, -0.15) is 4.98 Å². The maximum Gasteiger partial charge on any atom is 0.227 e. The Morgan fingerprint density at radius 3 is 2.79 bits per heavy atom. The van der Waals surface area contributed by atoms with E-state index in [1.54, 1.807) is 0 Å². The molecule has 1 saturated carbocycles. The zero-order valence-corrected chi connectivity index (χ0v) is 12.2. The molecule has 0 saturated heterocycles. The second-order valence-corrected chi connectivity index (χ2v) is 5.80. The van der Waals surface area contributed by atoms with Crippen LogP contribution in [0.1, 0.15) is 30.1 Å². The number of rotatable bonds is 6. The number of halogens is 1. The van der Waals surface area contributed by atoms with Crippen LogP contribution in [0.15, 0.2) is 33.3 Å². The van der Waals surface area contributed by atoms with Crippen LogP contribution in [0.5, 0.6) is 0 Å². The Labute approximate surface area is 120 Å². The average Bonchev–Trinajstić information content (AvgIpc) is 3.12. The Hall–Kier alpha value is -1.20. The second-order valence-electron chi connectivity index (χ2n) is 4.89. The predicted octanol–water partition coefficient (Wildman–Crippen LogP) is 2.72. The fraction of sp³-hybridized carbons (Fsp3) is 0.429. The lowest BCUT2D eigenvalue weighted by atomic mass is 10.1. The van der Waals surface area contributed by atoms with Gasteiger partial charge in [-0.3, -0.25) is 0 Å². The minimum atomic E-state index is 0.715. The molecular weight excluding hydrogens is 306 g/mol. The predicted molar refractivity (Wildman–Crippen MR) is 76.0 cm³/mol. The molecule has 1 heterocycles. The van der Waals surface area contributed by atoms with Gasteiger partial charge in [0.15, 0.2) is 5.82 Å². The van der Waals surface area contributed by atoms with Crippen LogP contribution in [0, 0.1) is 0 Å². The van der Waals surface area contributed by atoms with Crippen LogP contribution in [0.3, 0.4) is 0 Å². The largest absolute Gasteiger partial charge is 0.339 e. The molecule has 0 amide bonds. The topological polar surface area (TPSA) is 51.0 Å². The van der Waals surface area contributed by atoms with Gasteiger partial charge in [0.25, 0.3) is 0 Å². The molecule has 100 valence electrons. The van der Waals surface area contributed by atoms with Gasteiger partial charge in [0.05, 0.1) is 0 Å². The molecule has 4 nitrogen and oxygen atoms in total. The third-order valence-electron chi connectivity index (χ3n) is 3.13. The molecule has 0 bridgehead atoms. The van der Waals surface area contributed by atoms with Gasteiger partial charge in [0.1, 0.15) is 0 Å². The van der Waals surface area contributed by atoms with E-state index in [1.165, 1.54) is 18.4 Å². The standard InChI is InChI=1S/C14H16BrN3O/c15-11-3-1-10(2-4-11)9-13-17-14(19-18-13)7-8-16-12-5-6-12/h1-4,12,16H,5-9H2. The molecule has 0 atom stereocenters. The minimum Gasteiger partial charge on any atom is -0.339 e. The van der Waals surface area contributed by atoms with Crippen LogP contribution < -0.4 is 5.32 Å². The first kappa shape index (κ1) is 12.8. The summed E-state index contributed by atoms with van der Waals surface area (Å²) in [7, 11) is 0. The summed E-state index contributed by atoms with van der Waals surface area (Å²) < 4.78 is 6.33. The molecule has 1 N–H and O–H groups in total. The summed E-state index contributed by atoms with van der Waals surface area (Å²) in [5.74, 6) is 1.48. The Morgan fingerprint density at radius 2 is 2.05 bits per heavy atom. The van der Waals surface area contributed by atoms with Crippen molar-refractivity contribution in [3.8, 4) is 0 Å². The lowest BCUT2D eigenvalue weighted by Crippen LogP contribution is -2.19. The second kappa shape index (κ2) is 5.84. The fourth-order valence-electron chi connectivity index (χ4n) is 1.92. The molecule has 1 aliphatic carbocycles. The van der Waals surface area contributed by atoms with Crippen LogP contribution in [-0.2, 0) is 12.8 Å². The van der Waals surface area contributed by atoms with Crippen molar-refractivity contribution < 1.29 is 4.52 Å². The Bertz CT molecular complexity index is 534.